The number of halogens is 1. The van der Waals surface area contributed by atoms with Crippen molar-refractivity contribution in [3.8, 4) is 0 Å². The number of ether oxygens (including phenoxy) is 1. The molecule has 0 aliphatic carbocycles. The van der Waals surface area contributed by atoms with Gasteiger partial charge in [0.1, 0.15) is 0 Å². The van der Waals surface area contributed by atoms with E-state index in [9.17, 15) is 9.90 Å². The van der Waals surface area contributed by atoms with E-state index in [2.05, 4.69) is 10.1 Å². The number of aliphatic hydroxyl groups excluding tert-OH is 1. The zero-order chi connectivity index (χ0) is 13.5. The van der Waals surface area contributed by atoms with E-state index in [1.807, 2.05) is 6.92 Å². The largest absolute Gasteiger partial charge is 0.469 e. The molecule has 0 heterocycles. The molecular formula is C13H18ClNO3. The van der Waals surface area contributed by atoms with E-state index in [-0.39, 0.29) is 18.4 Å². The van der Waals surface area contributed by atoms with Gasteiger partial charge >= 0.3 is 5.97 Å². The number of esters is 1. The van der Waals surface area contributed by atoms with Crippen molar-refractivity contribution in [2.45, 2.75) is 25.5 Å². The number of nitrogens with one attached hydrogen (secondary N) is 1. The first-order chi connectivity index (χ1) is 8.58. The summed E-state index contributed by atoms with van der Waals surface area (Å²) >= 11 is 5.79. The Morgan fingerprint density at radius 3 is 2.56 bits per heavy atom. The van der Waals surface area contributed by atoms with Crippen LogP contribution in [-0.4, -0.2) is 30.8 Å². The normalized spacial score (nSPS) is 14.0. The minimum Gasteiger partial charge on any atom is -0.469 e. The minimum atomic E-state index is -0.777. The smallest absolute Gasteiger partial charge is 0.307 e. The van der Waals surface area contributed by atoms with Crippen molar-refractivity contribution in [1.29, 1.82) is 0 Å². The van der Waals surface area contributed by atoms with Crippen molar-refractivity contribution >= 4 is 17.6 Å². The van der Waals surface area contributed by atoms with Crippen LogP contribution in [0, 0.1) is 0 Å². The van der Waals surface area contributed by atoms with E-state index in [1.54, 1.807) is 24.3 Å². The lowest BCUT2D eigenvalue weighted by atomic mass is 10.00. The Morgan fingerprint density at radius 1 is 1.44 bits per heavy atom. The molecule has 2 unspecified atom stereocenters. The molecule has 0 bridgehead atoms. The number of aliphatic hydroxyl groups is 1. The lowest BCUT2D eigenvalue weighted by Crippen LogP contribution is -2.37. The molecule has 1 aromatic carbocycles. The number of carbonyl (C=O) groups excluding carboxylic acids is 1. The summed E-state index contributed by atoms with van der Waals surface area (Å²) in [4.78, 5) is 11.3. The maximum atomic E-state index is 11.3. The van der Waals surface area contributed by atoms with Crippen LogP contribution < -0.4 is 5.32 Å². The van der Waals surface area contributed by atoms with Crippen molar-refractivity contribution < 1.29 is 14.6 Å². The first kappa shape index (κ1) is 15.0. The lowest BCUT2D eigenvalue weighted by molar-refractivity contribution is -0.142. The molecule has 18 heavy (non-hydrogen) atoms. The number of carbonyl (C=O) groups is 1. The Balaban J connectivity index is 2.77. The zero-order valence-corrected chi connectivity index (χ0v) is 11.3. The van der Waals surface area contributed by atoms with Gasteiger partial charge in [-0.05, 0) is 24.2 Å². The average molecular weight is 272 g/mol. The predicted molar refractivity (Wildman–Crippen MR) is 70.5 cm³/mol. The molecule has 2 N–H and O–H groups in total. The van der Waals surface area contributed by atoms with Crippen LogP contribution in [0.25, 0.3) is 0 Å². The molecule has 0 fully saturated rings. The third kappa shape index (κ3) is 4.29. The molecule has 1 aromatic rings. The summed E-state index contributed by atoms with van der Waals surface area (Å²) in [5, 5.41) is 13.9. The summed E-state index contributed by atoms with van der Waals surface area (Å²) in [6.07, 6.45) is -0.657. The summed E-state index contributed by atoms with van der Waals surface area (Å²) in [5.74, 6) is -0.353. The van der Waals surface area contributed by atoms with E-state index in [1.165, 1.54) is 7.11 Å². The fourth-order valence-electron chi connectivity index (χ4n) is 1.71. The molecule has 2 atom stereocenters. The van der Waals surface area contributed by atoms with E-state index in [0.29, 0.717) is 17.1 Å². The highest BCUT2D eigenvalue weighted by Gasteiger charge is 2.23. The van der Waals surface area contributed by atoms with E-state index in [4.69, 9.17) is 11.6 Å². The third-order valence-electron chi connectivity index (χ3n) is 2.67. The molecule has 0 aromatic heterocycles. The number of hydrogen-bond donors (Lipinski definition) is 2. The summed E-state index contributed by atoms with van der Waals surface area (Å²) in [6.45, 7) is 2.57. The van der Waals surface area contributed by atoms with Gasteiger partial charge in [-0.25, -0.2) is 0 Å². The van der Waals surface area contributed by atoms with Crippen molar-refractivity contribution in [2.75, 3.05) is 13.7 Å². The van der Waals surface area contributed by atoms with Gasteiger partial charge in [-0.1, -0.05) is 30.7 Å². The van der Waals surface area contributed by atoms with Crippen LogP contribution in [0.4, 0.5) is 0 Å². The number of likely N-dealkylation sites (N-methyl/N-ethyl adjacent to an activating group) is 1. The van der Waals surface area contributed by atoms with Gasteiger partial charge in [0, 0.05) is 11.1 Å². The first-order valence-electron chi connectivity index (χ1n) is 5.82. The number of hydrogen-bond acceptors (Lipinski definition) is 4. The maximum Gasteiger partial charge on any atom is 0.307 e. The van der Waals surface area contributed by atoms with Crippen molar-refractivity contribution in [1.82, 2.24) is 5.32 Å². The summed E-state index contributed by atoms with van der Waals surface area (Å²) in [5.41, 5.74) is 0.717. The van der Waals surface area contributed by atoms with Crippen LogP contribution in [0.2, 0.25) is 5.02 Å². The zero-order valence-electron chi connectivity index (χ0n) is 10.5. The van der Waals surface area contributed by atoms with Gasteiger partial charge in [-0.3, -0.25) is 4.79 Å². The van der Waals surface area contributed by atoms with Crippen LogP contribution in [0.3, 0.4) is 0 Å². The first-order valence-corrected chi connectivity index (χ1v) is 6.20. The summed E-state index contributed by atoms with van der Waals surface area (Å²) in [6, 6.07) is 6.54. The Bertz CT molecular complexity index is 380. The molecule has 4 nitrogen and oxygen atoms in total. The third-order valence-corrected chi connectivity index (χ3v) is 2.93. The van der Waals surface area contributed by atoms with E-state index in [0.717, 1.165) is 0 Å². The lowest BCUT2D eigenvalue weighted by Gasteiger charge is -2.23. The average Bonchev–Trinajstić information content (AvgIpc) is 2.38. The Hall–Kier alpha value is -1.10. The topological polar surface area (TPSA) is 58.6 Å². The molecule has 100 valence electrons. The van der Waals surface area contributed by atoms with Crippen molar-refractivity contribution in [3.05, 3.63) is 34.9 Å². The molecular weight excluding hydrogens is 254 g/mol. The monoisotopic (exact) mass is 271 g/mol. The molecule has 0 saturated carbocycles. The van der Waals surface area contributed by atoms with Crippen LogP contribution >= 0.6 is 11.6 Å². The van der Waals surface area contributed by atoms with Gasteiger partial charge in [0.15, 0.2) is 0 Å². The SMILES string of the molecule is CCNC(CC(=O)OC)C(O)c1ccc(Cl)cc1. The van der Waals surface area contributed by atoms with Gasteiger partial charge in [-0.15, -0.1) is 0 Å². The van der Waals surface area contributed by atoms with Gasteiger partial charge in [0.05, 0.1) is 19.6 Å². The molecule has 1 rings (SSSR count). The highest BCUT2D eigenvalue weighted by atomic mass is 35.5. The minimum absolute atomic E-state index is 0.119. The second-order valence-corrected chi connectivity index (χ2v) is 4.38. The van der Waals surface area contributed by atoms with Crippen molar-refractivity contribution in [3.63, 3.8) is 0 Å². The van der Waals surface area contributed by atoms with Crippen molar-refractivity contribution in [2.24, 2.45) is 0 Å². The maximum absolute atomic E-state index is 11.3. The van der Waals surface area contributed by atoms with Crippen LogP contribution in [0.5, 0.6) is 0 Å². The quantitative estimate of drug-likeness (QED) is 0.776. The molecule has 0 spiro atoms. The molecule has 0 radical (unpaired) electrons. The van der Waals surface area contributed by atoms with Crippen LogP contribution in [-0.2, 0) is 9.53 Å². The summed E-state index contributed by atoms with van der Waals surface area (Å²) in [7, 11) is 1.33. The fraction of sp³-hybridized carbons (Fsp3) is 0.462. The fourth-order valence-corrected chi connectivity index (χ4v) is 1.84. The van der Waals surface area contributed by atoms with Gasteiger partial charge in [-0.2, -0.15) is 0 Å². The highest BCUT2D eigenvalue weighted by molar-refractivity contribution is 6.30. The standard InChI is InChI=1S/C13H18ClNO3/c1-3-15-11(8-12(16)18-2)13(17)9-4-6-10(14)7-5-9/h4-7,11,13,15,17H,3,8H2,1-2H3. The molecule has 0 aliphatic heterocycles. The van der Waals surface area contributed by atoms with Gasteiger partial charge in [0.2, 0.25) is 0 Å². The van der Waals surface area contributed by atoms with Gasteiger partial charge in [0.25, 0.3) is 0 Å². The molecule has 5 heteroatoms. The Labute approximate surface area is 112 Å². The Kier molecular flexibility index (Phi) is 6.12. The Morgan fingerprint density at radius 2 is 2.06 bits per heavy atom. The van der Waals surface area contributed by atoms with E-state index >= 15 is 0 Å². The highest BCUT2D eigenvalue weighted by Crippen LogP contribution is 2.21. The number of rotatable bonds is 6. The number of benzene rings is 1. The van der Waals surface area contributed by atoms with Crippen LogP contribution in [0.1, 0.15) is 25.0 Å². The second-order valence-electron chi connectivity index (χ2n) is 3.94. The molecule has 0 amide bonds. The van der Waals surface area contributed by atoms with E-state index < -0.39 is 6.10 Å². The molecule has 0 saturated heterocycles. The number of methoxy groups -OCH3 is 1. The molecule has 0 aliphatic rings. The van der Waals surface area contributed by atoms with Gasteiger partial charge < -0.3 is 15.2 Å². The van der Waals surface area contributed by atoms with Crippen LogP contribution in [0.15, 0.2) is 24.3 Å². The summed E-state index contributed by atoms with van der Waals surface area (Å²) < 4.78 is 4.62. The second kappa shape index (κ2) is 7.36. The predicted octanol–water partition coefficient (Wildman–Crippen LogP) is 1.91.